The minimum atomic E-state index is 0.123. The zero-order valence-corrected chi connectivity index (χ0v) is 29.8. The van der Waals surface area contributed by atoms with E-state index < -0.39 is 0 Å². The highest BCUT2D eigenvalue weighted by atomic mass is 16.5. The molecule has 0 saturated carbocycles. The molecule has 0 heterocycles. The summed E-state index contributed by atoms with van der Waals surface area (Å²) in [5, 5.41) is 51.7. The summed E-state index contributed by atoms with van der Waals surface area (Å²) in [6.45, 7) is 0. The zero-order chi connectivity index (χ0) is 37.9. The molecule has 10 aromatic carbocycles. The first kappa shape index (κ1) is 32.9. The second kappa shape index (κ2) is 13.0. The van der Waals surface area contributed by atoms with E-state index in [0.717, 1.165) is 65.0 Å². The van der Waals surface area contributed by atoms with E-state index in [9.17, 15) is 20.4 Å². The second-order valence-corrected chi connectivity index (χ2v) is 13.9. The van der Waals surface area contributed by atoms with Crippen molar-refractivity contribution in [2.45, 2.75) is 0 Å². The molecule has 56 heavy (non-hydrogen) atoms. The van der Waals surface area contributed by atoms with Gasteiger partial charge in [-0.05, 0) is 134 Å². The van der Waals surface area contributed by atoms with E-state index in [1.165, 1.54) is 0 Å². The van der Waals surface area contributed by atoms with Gasteiger partial charge >= 0.3 is 0 Å². The van der Waals surface area contributed by atoms with Gasteiger partial charge in [0.2, 0.25) is 0 Å². The molecule has 0 amide bonds. The van der Waals surface area contributed by atoms with Crippen LogP contribution < -0.4 is 9.47 Å². The van der Waals surface area contributed by atoms with Crippen molar-refractivity contribution < 1.29 is 29.9 Å². The monoisotopic (exact) mass is 728 g/mol. The fraction of sp³-hybridized carbons (Fsp3) is 0. The molecule has 0 bridgehead atoms. The van der Waals surface area contributed by atoms with Gasteiger partial charge in [0.15, 0.2) is 0 Å². The van der Waals surface area contributed by atoms with Gasteiger partial charge in [0.1, 0.15) is 46.0 Å². The van der Waals surface area contributed by atoms with Crippen LogP contribution in [0, 0.1) is 0 Å². The number of fused-ring (bicyclic) bond motifs is 5. The van der Waals surface area contributed by atoms with Crippen LogP contribution in [0.25, 0.3) is 76.1 Å². The van der Waals surface area contributed by atoms with Crippen LogP contribution in [0.1, 0.15) is 0 Å². The minimum absolute atomic E-state index is 0.123. The lowest BCUT2D eigenvalue weighted by Crippen LogP contribution is -1.91. The molecule has 10 aromatic rings. The molecule has 0 atom stereocenters. The van der Waals surface area contributed by atoms with Crippen LogP contribution >= 0.6 is 0 Å². The molecule has 0 aromatic heterocycles. The molecule has 0 unspecified atom stereocenters. The molecule has 0 saturated heterocycles. The van der Waals surface area contributed by atoms with E-state index in [2.05, 4.69) is 0 Å². The maximum atomic E-state index is 11.5. The first-order valence-electron chi connectivity index (χ1n) is 18.2. The van der Waals surface area contributed by atoms with Crippen molar-refractivity contribution in [1.82, 2.24) is 0 Å². The predicted molar refractivity (Wildman–Crippen MR) is 225 cm³/mol. The third kappa shape index (κ3) is 5.51. The molecule has 0 aliphatic heterocycles. The molecule has 268 valence electrons. The van der Waals surface area contributed by atoms with Gasteiger partial charge in [-0.15, -0.1) is 0 Å². The lowest BCUT2D eigenvalue weighted by atomic mass is 9.88. The molecule has 0 aliphatic carbocycles. The Kier molecular flexibility index (Phi) is 7.64. The van der Waals surface area contributed by atoms with Crippen LogP contribution in [-0.2, 0) is 0 Å². The van der Waals surface area contributed by atoms with E-state index in [4.69, 9.17) is 9.47 Å². The van der Waals surface area contributed by atoms with Crippen LogP contribution in [-0.4, -0.2) is 20.4 Å². The van der Waals surface area contributed by atoms with Gasteiger partial charge < -0.3 is 29.9 Å². The number of ether oxygens (including phenoxy) is 2. The van der Waals surface area contributed by atoms with Crippen LogP contribution in [0.4, 0.5) is 0 Å². The van der Waals surface area contributed by atoms with Crippen molar-refractivity contribution in [2.75, 3.05) is 0 Å². The van der Waals surface area contributed by atoms with Crippen LogP contribution in [0.2, 0.25) is 0 Å². The molecule has 0 radical (unpaired) electrons. The number of hydrogen-bond donors (Lipinski definition) is 4. The van der Waals surface area contributed by atoms with Crippen molar-refractivity contribution in [3.63, 3.8) is 0 Å². The van der Waals surface area contributed by atoms with Crippen LogP contribution in [0.15, 0.2) is 170 Å². The summed E-state index contributed by atoms with van der Waals surface area (Å²) in [6.07, 6.45) is 0. The Morgan fingerprint density at radius 1 is 0.304 bits per heavy atom. The van der Waals surface area contributed by atoms with Crippen molar-refractivity contribution >= 4 is 53.9 Å². The van der Waals surface area contributed by atoms with Crippen LogP contribution in [0.3, 0.4) is 0 Å². The Bertz CT molecular complexity index is 3200. The fourth-order valence-corrected chi connectivity index (χ4v) is 7.97. The van der Waals surface area contributed by atoms with E-state index in [1.807, 2.05) is 140 Å². The lowest BCUT2D eigenvalue weighted by molar-refractivity contribution is 0.476. The summed E-state index contributed by atoms with van der Waals surface area (Å²) in [4.78, 5) is 0. The second-order valence-electron chi connectivity index (χ2n) is 13.9. The topological polar surface area (TPSA) is 99.4 Å². The number of aromatic hydroxyl groups is 4. The Balaban J connectivity index is 1.04. The summed E-state index contributed by atoms with van der Waals surface area (Å²) in [5.41, 5.74) is 2.97. The maximum Gasteiger partial charge on any atom is 0.135 e. The summed E-state index contributed by atoms with van der Waals surface area (Å²) in [6, 6.07) is 52.7. The standard InChI is InChI=1S/C50H32O6/c51-32-16-19-35-29(26-32)6-1-9-40(35)49-41-10-4-11-42(38(41)22-24-45(49)53)50-43-12-5-15-48(39(43)23-25-46(50)54)56-47-14-3-8-31-28-34(18-21-37(31)47)55-33-17-20-36-30(27-33)7-2-13-44(36)52/h1-28,51-54H. The highest BCUT2D eigenvalue weighted by Crippen LogP contribution is 2.47. The molecule has 6 heteroatoms. The highest BCUT2D eigenvalue weighted by Gasteiger charge is 2.19. The molecule has 6 nitrogen and oxygen atoms in total. The Morgan fingerprint density at radius 3 is 1.54 bits per heavy atom. The average molecular weight is 729 g/mol. The third-order valence-electron chi connectivity index (χ3n) is 10.5. The summed E-state index contributed by atoms with van der Waals surface area (Å²) in [7, 11) is 0. The summed E-state index contributed by atoms with van der Waals surface area (Å²) < 4.78 is 12.9. The normalized spacial score (nSPS) is 11.5. The molecule has 10 rings (SSSR count). The quantitative estimate of drug-likeness (QED) is 0.136. The molecule has 0 spiro atoms. The van der Waals surface area contributed by atoms with E-state index in [-0.39, 0.29) is 23.0 Å². The first-order chi connectivity index (χ1) is 27.4. The Labute approximate surface area is 320 Å². The van der Waals surface area contributed by atoms with E-state index in [0.29, 0.717) is 34.1 Å². The van der Waals surface area contributed by atoms with Gasteiger partial charge in [0.25, 0.3) is 0 Å². The number of phenols is 4. The molecule has 0 aliphatic rings. The molecular formula is C50H32O6. The summed E-state index contributed by atoms with van der Waals surface area (Å²) in [5.74, 6) is 3.31. The zero-order valence-electron chi connectivity index (χ0n) is 29.8. The van der Waals surface area contributed by atoms with Gasteiger partial charge in [-0.2, -0.15) is 0 Å². The maximum absolute atomic E-state index is 11.5. The fourth-order valence-electron chi connectivity index (χ4n) is 7.97. The van der Waals surface area contributed by atoms with Gasteiger partial charge in [-0.25, -0.2) is 0 Å². The van der Waals surface area contributed by atoms with E-state index in [1.54, 1.807) is 30.3 Å². The minimum Gasteiger partial charge on any atom is -0.508 e. The van der Waals surface area contributed by atoms with Gasteiger partial charge in [-0.3, -0.25) is 0 Å². The van der Waals surface area contributed by atoms with Gasteiger partial charge in [-0.1, -0.05) is 84.9 Å². The SMILES string of the molecule is Oc1ccc2c(-c3c(O)ccc4c(-c5c(O)ccc6c(Oc7cccc8cc(Oc9ccc%10c(O)cccc%10c9)ccc78)cccc56)cccc34)cccc2c1. The number of benzene rings is 10. The van der Waals surface area contributed by atoms with Crippen molar-refractivity contribution in [3.8, 4) is 68.2 Å². The average Bonchev–Trinajstić information content (AvgIpc) is 3.20. The van der Waals surface area contributed by atoms with Crippen molar-refractivity contribution in [2.24, 2.45) is 0 Å². The van der Waals surface area contributed by atoms with Crippen LogP contribution in [0.5, 0.6) is 46.0 Å². The summed E-state index contributed by atoms with van der Waals surface area (Å²) >= 11 is 0. The van der Waals surface area contributed by atoms with Gasteiger partial charge in [0, 0.05) is 27.3 Å². The predicted octanol–water partition coefficient (Wildman–Crippen LogP) is 13.2. The number of phenolic OH excluding ortho intramolecular Hbond substituents is 4. The lowest BCUT2D eigenvalue weighted by Gasteiger charge is -2.17. The number of rotatable bonds is 6. The third-order valence-corrected chi connectivity index (χ3v) is 10.5. The Hall–Kier alpha value is -7.70. The van der Waals surface area contributed by atoms with E-state index >= 15 is 0 Å². The molecule has 4 N–H and O–H groups in total. The highest BCUT2D eigenvalue weighted by molar-refractivity contribution is 6.14. The Morgan fingerprint density at radius 2 is 0.804 bits per heavy atom. The first-order valence-corrected chi connectivity index (χ1v) is 18.2. The molecule has 0 fully saturated rings. The van der Waals surface area contributed by atoms with Gasteiger partial charge in [0.05, 0.1) is 0 Å². The molecular weight excluding hydrogens is 697 g/mol. The van der Waals surface area contributed by atoms with Crippen molar-refractivity contribution in [1.29, 1.82) is 0 Å². The van der Waals surface area contributed by atoms with Crippen molar-refractivity contribution in [3.05, 3.63) is 170 Å². The number of hydrogen-bond acceptors (Lipinski definition) is 6. The largest absolute Gasteiger partial charge is 0.508 e. The smallest absolute Gasteiger partial charge is 0.135 e.